The number of rotatable bonds is 6. The number of likely N-dealkylation sites (tertiary alicyclic amines) is 2. The van der Waals surface area contributed by atoms with Gasteiger partial charge in [0.05, 0.1) is 18.3 Å². The van der Waals surface area contributed by atoms with Crippen LogP contribution in [0.2, 0.25) is 0 Å². The Morgan fingerprint density at radius 2 is 1.85 bits per heavy atom. The summed E-state index contributed by atoms with van der Waals surface area (Å²) in [7, 11) is 0. The van der Waals surface area contributed by atoms with E-state index in [-0.39, 0.29) is 35.9 Å². The predicted octanol–water partition coefficient (Wildman–Crippen LogP) is 3.68. The topological polar surface area (TPSA) is 54.3 Å². The van der Waals surface area contributed by atoms with Crippen LogP contribution in [0.25, 0.3) is 0 Å². The summed E-state index contributed by atoms with van der Waals surface area (Å²) >= 11 is 0. The molecule has 0 saturated carbocycles. The maximum absolute atomic E-state index is 14.8. The summed E-state index contributed by atoms with van der Waals surface area (Å²) in [5.74, 6) is 1.46. The van der Waals surface area contributed by atoms with Crippen LogP contribution in [0.15, 0.2) is 23.2 Å². The van der Waals surface area contributed by atoms with Crippen molar-refractivity contribution in [1.82, 2.24) is 15.1 Å². The molecule has 6 nitrogen and oxygen atoms in total. The molecule has 4 rings (SSSR count). The number of aliphatic imine (C=N–C) groups is 1. The summed E-state index contributed by atoms with van der Waals surface area (Å²) in [4.78, 5) is 11.9. The molecular weight excluding hydrogens is 532 g/mol. The molecule has 186 valence electrons. The average molecular weight is 574 g/mol. The van der Waals surface area contributed by atoms with Crippen molar-refractivity contribution in [2.75, 3.05) is 57.3 Å². The third kappa shape index (κ3) is 7.42. The summed E-state index contributed by atoms with van der Waals surface area (Å²) in [5.41, 5.74) is 1.53. The monoisotopic (exact) mass is 573 g/mol. The highest BCUT2D eigenvalue weighted by Crippen LogP contribution is 2.25. The summed E-state index contributed by atoms with van der Waals surface area (Å²) < 4.78 is 14.8. The molecule has 0 bridgehead atoms. The number of hydrogen-bond acceptors (Lipinski definition) is 4. The number of nitrogens with zero attached hydrogens (tertiary/aromatic N) is 4. The van der Waals surface area contributed by atoms with Crippen LogP contribution in [0.5, 0.6) is 0 Å². The zero-order valence-electron chi connectivity index (χ0n) is 20.0. The van der Waals surface area contributed by atoms with E-state index in [1.165, 1.54) is 45.3 Å². The van der Waals surface area contributed by atoms with Gasteiger partial charge in [0.1, 0.15) is 5.82 Å². The van der Waals surface area contributed by atoms with Crippen LogP contribution in [-0.4, -0.2) is 79.3 Å². The molecule has 1 aromatic rings. The minimum Gasteiger partial charge on any atom is -0.393 e. The van der Waals surface area contributed by atoms with Crippen molar-refractivity contribution in [1.29, 1.82) is 0 Å². The van der Waals surface area contributed by atoms with Gasteiger partial charge in [0.2, 0.25) is 0 Å². The van der Waals surface area contributed by atoms with E-state index in [9.17, 15) is 9.50 Å². The first-order valence-corrected chi connectivity index (χ1v) is 12.6. The van der Waals surface area contributed by atoms with E-state index in [4.69, 9.17) is 4.99 Å². The van der Waals surface area contributed by atoms with Gasteiger partial charge >= 0.3 is 0 Å². The van der Waals surface area contributed by atoms with Gasteiger partial charge in [-0.1, -0.05) is 12.5 Å². The first kappa shape index (κ1) is 26.5. The van der Waals surface area contributed by atoms with Crippen LogP contribution >= 0.6 is 24.0 Å². The lowest BCUT2D eigenvalue weighted by molar-refractivity contribution is 0.145. The van der Waals surface area contributed by atoms with Gasteiger partial charge in [0.15, 0.2) is 5.96 Å². The third-order valence-corrected chi connectivity index (χ3v) is 7.11. The van der Waals surface area contributed by atoms with Gasteiger partial charge in [-0.3, -0.25) is 0 Å². The number of guanidine groups is 1. The van der Waals surface area contributed by atoms with E-state index in [1.54, 1.807) is 6.07 Å². The Morgan fingerprint density at radius 1 is 1.09 bits per heavy atom. The third-order valence-electron chi connectivity index (χ3n) is 7.11. The van der Waals surface area contributed by atoms with Gasteiger partial charge in [0, 0.05) is 39.3 Å². The normalized spacial score (nSPS) is 23.0. The van der Waals surface area contributed by atoms with Crippen molar-refractivity contribution in [3.8, 4) is 0 Å². The Balaban J connectivity index is 0.00000306. The highest BCUT2D eigenvalue weighted by molar-refractivity contribution is 14.0. The molecule has 3 heterocycles. The Hall–Kier alpha value is -1.13. The number of benzene rings is 1. The van der Waals surface area contributed by atoms with Crippen LogP contribution in [0.4, 0.5) is 10.1 Å². The molecule has 0 radical (unpaired) electrons. The van der Waals surface area contributed by atoms with E-state index < -0.39 is 0 Å². The van der Waals surface area contributed by atoms with Crippen molar-refractivity contribution in [2.24, 2.45) is 10.9 Å². The number of anilines is 1. The molecule has 8 heteroatoms. The van der Waals surface area contributed by atoms with Crippen molar-refractivity contribution >= 4 is 35.6 Å². The van der Waals surface area contributed by atoms with E-state index in [0.29, 0.717) is 44.1 Å². The molecule has 3 aliphatic rings. The molecule has 0 amide bonds. The molecular formula is C25H41FIN5O. The van der Waals surface area contributed by atoms with E-state index in [2.05, 4.69) is 22.0 Å². The second-order valence-electron chi connectivity index (χ2n) is 9.64. The predicted molar refractivity (Wildman–Crippen MR) is 144 cm³/mol. The first-order chi connectivity index (χ1) is 15.6. The molecule has 1 aromatic carbocycles. The number of aliphatic hydroxyl groups is 1. The van der Waals surface area contributed by atoms with Gasteiger partial charge < -0.3 is 25.1 Å². The number of piperidine rings is 2. The maximum atomic E-state index is 14.8. The minimum atomic E-state index is -0.252. The average Bonchev–Trinajstić information content (AvgIpc) is 3.26. The molecule has 1 unspecified atom stereocenters. The fourth-order valence-corrected chi connectivity index (χ4v) is 5.29. The van der Waals surface area contributed by atoms with Crippen LogP contribution in [0.1, 0.15) is 51.0 Å². The van der Waals surface area contributed by atoms with Gasteiger partial charge in [-0.15, -0.1) is 24.0 Å². The fraction of sp³-hybridized carbons (Fsp3) is 0.720. The maximum Gasteiger partial charge on any atom is 0.194 e. The zero-order valence-corrected chi connectivity index (χ0v) is 22.3. The van der Waals surface area contributed by atoms with Crippen molar-refractivity contribution < 1.29 is 9.50 Å². The summed E-state index contributed by atoms with van der Waals surface area (Å²) in [6.07, 6.45) is 6.43. The van der Waals surface area contributed by atoms with Gasteiger partial charge in [-0.2, -0.15) is 0 Å². The van der Waals surface area contributed by atoms with Crippen LogP contribution in [0.3, 0.4) is 0 Å². The number of aliphatic hydroxyl groups excluding tert-OH is 1. The van der Waals surface area contributed by atoms with E-state index in [0.717, 1.165) is 31.2 Å². The zero-order chi connectivity index (χ0) is 22.3. The summed E-state index contributed by atoms with van der Waals surface area (Å²) in [5, 5.41) is 13.1. The molecule has 3 fully saturated rings. The second kappa shape index (κ2) is 13.1. The van der Waals surface area contributed by atoms with Crippen molar-refractivity contribution in [2.45, 2.75) is 58.1 Å². The number of nitrogens with one attached hydrogen (secondary N) is 1. The smallest absolute Gasteiger partial charge is 0.194 e. The molecule has 33 heavy (non-hydrogen) atoms. The first-order valence-electron chi connectivity index (χ1n) is 12.6. The molecule has 1 atom stereocenters. The van der Waals surface area contributed by atoms with Crippen LogP contribution < -0.4 is 10.2 Å². The number of hydrogen-bond donors (Lipinski definition) is 2. The summed E-state index contributed by atoms with van der Waals surface area (Å²) in [6.45, 7) is 10.6. The molecule has 0 aliphatic carbocycles. The van der Waals surface area contributed by atoms with Gasteiger partial charge in [0.25, 0.3) is 0 Å². The second-order valence-corrected chi connectivity index (χ2v) is 9.64. The summed E-state index contributed by atoms with van der Waals surface area (Å²) in [6, 6.07) is 5.48. The highest BCUT2D eigenvalue weighted by Gasteiger charge is 2.27. The highest BCUT2D eigenvalue weighted by atomic mass is 127. The lowest BCUT2D eigenvalue weighted by Gasteiger charge is -2.31. The molecule has 3 aliphatic heterocycles. The van der Waals surface area contributed by atoms with Crippen LogP contribution in [-0.2, 0) is 6.54 Å². The van der Waals surface area contributed by atoms with E-state index >= 15 is 0 Å². The Kier molecular flexibility index (Phi) is 10.5. The van der Waals surface area contributed by atoms with Crippen molar-refractivity contribution in [3.05, 3.63) is 29.6 Å². The Labute approximate surface area is 215 Å². The molecule has 0 aromatic heterocycles. The van der Waals surface area contributed by atoms with Crippen LogP contribution in [0, 0.1) is 11.7 Å². The Bertz CT molecular complexity index is 765. The molecule has 2 N–H and O–H groups in total. The fourth-order valence-electron chi connectivity index (χ4n) is 5.29. The molecule has 0 spiro atoms. The number of halogens is 2. The standard InChI is InChI=1S/C25H40FN5O.HI/c1-2-27-25(31-13-8-21(19-31)18-29-11-4-3-5-12-29)28-17-20-6-7-24(23(26)16-20)30-14-9-22(32)10-15-30;/h6-7,16,21-22,32H,2-5,8-15,17-19H2,1H3,(H,27,28);1H. The lowest BCUT2D eigenvalue weighted by Crippen LogP contribution is -2.41. The SMILES string of the molecule is CCNC(=NCc1ccc(N2CCC(O)CC2)c(F)c1)N1CCC(CN2CCCCC2)C1.I. The van der Waals surface area contributed by atoms with Gasteiger partial charge in [-0.05, 0) is 75.7 Å². The molecule has 3 saturated heterocycles. The van der Waals surface area contributed by atoms with Crippen molar-refractivity contribution in [3.63, 3.8) is 0 Å². The largest absolute Gasteiger partial charge is 0.393 e. The Morgan fingerprint density at radius 3 is 2.55 bits per heavy atom. The minimum absolute atomic E-state index is 0. The quantitative estimate of drug-likeness (QED) is 0.309. The van der Waals surface area contributed by atoms with E-state index in [1.807, 2.05) is 17.0 Å². The lowest BCUT2D eigenvalue weighted by atomic mass is 10.1. The van der Waals surface area contributed by atoms with Gasteiger partial charge in [-0.25, -0.2) is 9.38 Å².